The molecule has 0 aliphatic heterocycles. The Hall–Kier alpha value is -1.55. The predicted molar refractivity (Wildman–Crippen MR) is 71.5 cm³/mol. The number of methoxy groups -OCH3 is 1. The van der Waals surface area contributed by atoms with Crippen molar-refractivity contribution in [3.63, 3.8) is 0 Å². The van der Waals surface area contributed by atoms with E-state index in [1.54, 1.807) is 7.11 Å². The minimum absolute atomic E-state index is 0.0681. The van der Waals surface area contributed by atoms with Gasteiger partial charge in [0.05, 0.1) is 12.8 Å². The van der Waals surface area contributed by atoms with E-state index >= 15 is 0 Å². The van der Waals surface area contributed by atoms with E-state index < -0.39 is 0 Å². The maximum Gasteiger partial charge on any atom is 0.224 e. The first kappa shape index (κ1) is 12.9. The van der Waals surface area contributed by atoms with Crippen molar-refractivity contribution in [1.29, 1.82) is 0 Å². The van der Waals surface area contributed by atoms with Crippen molar-refractivity contribution in [3.05, 3.63) is 23.8 Å². The number of hydrogen-bond acceptors (Lipinski definition) is 3. The van der Waals surface area contributed by atoms with Crippen LogP contribution in [-0.4, -0.2) is 13.0 Å². The molecule has 0 unspecified atom stereocenters. The average molecular weight is 248 g/mol. The van der Waals surface area contributed by atoms with Gasteiger partial charge in [-0.3, -0.25) is 4.79 Å². The van der Waals surface area contributed by atoms with Crippen LogP contribution in [0.2, 0.25) is 0 Å². The summed E-state index contributed by atoms with van der Waals surface area (Å²) in [6.45, 7) is 0.465. The minimum Gasteiger partial charge on any atom is -0.495 e. The number of rotatable bonds is 5. The molecule has 4 nitrogen and oxygen atoms in total. The summed E-state index contributed by atoms with van der Waals surface area (Å²) in [5.41, 5.74) is 7.28. The fourth-order valence-corrected chi connectivity index (χ4v) is 2.13. The number of ether oxygens (including phenoxy) is 1. The van der Waals surface area contributed by atoms with E-state index in [1.807, 2.05) is 18.2 Å². The standard InChI is InChI=1S/C14H20N2O2/c1-18-13-7-11(9-15)5-6-12(13)16-14(17)8-10-3-2-4-10/h5-7,10H,2-4,8-9,15H2,1H3,(H,16,17). The second-order valence-corrected chi connectivity index (χ2v) is 4.79. The van der Waals surface area contributed by atoms with Crippen LogP contribution < -0.4 is 15.8 Å². The average Bonchev–Trinajstić information content (AvgIpc) is 2.34. The van der Waals surface area contributed by atoms with E-state index in [1.165, 1.54) is 19.3 Å². The van der Waals surface area contributed by atoms with Crippen molar-refractivity contribution in [2.24, 2.45) is 11.7 Å². The lowest BCUT2D eigenvalue weighted by molar-refractivity contribution is -0.117. The Bertz CT molecular complexity index is 428. The molecule has 0 spiro atoms. The third-order valence-corrected chi connectivity index (χ3v) is 3.47. The van der Waals surface area contributed by atoms with Gasteiger partial charge < -0.3 is 15.8 Å². The zero-order valence-corrected chi connectivity index (χ0v) is 10.7. The number of nitrogens with one attached hydrogen (secondary N) is 1. The van der Waals surface area contributed by atoms with E-state index in [4.69, 9.17) is 10.5 Å². The summed E-state index contributed by atoms with van der Waals surface area (Å²) in [6, 6.07) is 5.61. The highest BCUT2D eigenvalue weighted by Gasteiger charge is 2.21. The van der Waals surface area contributed by atoms with Crippen LogP contribution in [0.4, 0.5) is 5.69 Å². The van der Waals surface area contributed by atoms with Gasteiger partial charge >= 0.3 is 0 Å². The van der Waals surface area contributed by atoms with Crippen molar-refractivity contribution in [2.45, 2.75) is 32.2 Å². The van der Waals surface area contributed by atoms with Gasteiger partial charge in [-0.2, -0.15) is 0 Å². The number of hydrogen-bond donors (Lipinski definition) is 2. The molecular weight excluding hydrogens is 228 g/mol. The molecule has 1 aliphatic rings. The van der Waals surface area contributed by atoms with E-state index in [0.29, 0.717) is 24.6 Å². The van der Waals surface area contributed by atoms with Crippen LogP contribution in [0.5, 0.6) is 5.75 Å². The monoisotopic (exact) mass is 248 g/mol. The van der Waals surface area contributed by atoms with Crippen LogP contribution in [0.1, 0.15) is 31.2 Å². The number of nitrogens with two attached hydrogens (primary N) is 1. The Morgan fingerprint density at radius 3 is 2.83 bits per heavy atom. The van der Waals surface area contributed by atoms with E-state index in [-0.39, 0.29) is 5.91 Å². The molecule has 18 heavy (non-hydrogen) atoms. The highest BCUT2D eigenvalue weighted by Crippen LogP contribution is 2.31. The van der Waals surface area contributed by atoms with Crippen molar-refractivity contribution in [1.82, 2.24) is 0 Å². The third-order valence-electron chi connectivity index (χ3n) is 3.47. The van der Waals surface area contributed by atoms with Gasteiger partial charge in [0.2, 0.25) is 5.91 Å². The molecule has 0 heterocycles. The number of carbonyl (C=O) groups is 1. The topological polar surface area (TPSA) is 64.3 Å². The number of benzene rings is 1. The van der Waals surface area contributed by atoms with Gasteiger partial charge in [-0.25, -0.2) is 0 Å². The molecule has 0 atom stereocenters. The smallest absolute Gasteiger partial charge is 0.224 e. The lowest BCUT2D eigenvalue weighted by Gasteiger charge is -2.24. The lowest BCUT2D eigenvalue weighted by Crippen LogP contribution is -2.21. The van der Waals surface area contributed by atoms with Crippen LogP contribution in [0.3, 0.4) is 0 Å². The summed E-state index contributed by atoms with van der Waals surface area (Å²) in [5.74, 6) is 1.30. The molecule has 1 aliphatic carbocycles. The molecule has 98 valence electrons. The fourth-order valence-electron chi connectivity index (χ4n) is 2.13. The number of anilines is 1. The summed E-state index contributed by atoms with van der Waals surface area (Å²) in [7, 11) is 1.59. The van der Waals surface area contributed by atoms with Crippen LogP contribution in [-0.2, 0) is 11.3 Å². The molecule has 0 saturated heterocycles. The van der Waals surface area contributed by atoms with Gasteiger partial charge in [0, 0.05) is 13.0 Å². The normalized spacial score (nSPS) is 15.0. The number of amides is 1. The Kier molecular flexibility index (Phi) is 4.20. The molecule has 2 rings (SSSR count). The quantitative estimate of drug-likeness (QED) is 0.840. The van der Waals surface area contributed by atoms with Crippen molar-refractivity contribution >= 4 is 11.6 Å². The first-order valence-electron chi connectivity index (χ1n) is 6.39. The van der Waals surface area contributed by atoms with Crippen LogP contribution in [0, 0.1) is 5.92 Å². The molecule has 0 bridgehead atoms. The second-order valence-electron chi connectivity index (χ2n) is 4.79. The van der Waals surface area contributed by atoms with Crippen LogP contribution >= 0.6 is 0 Å². The molecule has 1 fully saturated rings. The summed E-state index contributed by atoms with van der Waals surface area (Å²) in [5, 5.41) is 2.91. The zero-order chi connectivity index (χ0) is 13.0. The Labute approximate surface area is 108 Å². The maximum atomic E-state index is 11.8. The molecule has 1 aromatic rings. The molecule has 0 aromatic heterocycles. The van der Waals surface area contributed by atoms with Crippen molar-refractivity contribution in [3.8, 4) is 5.75 Å². The first-order valence-corrected chi connectivity index (χ1v) is 6.39. The zero-order valence-electron chi connectivity index (χ0n) is 10.7. The highest BCUT2D eigenvalue weighted by atomic mass is 16.5. The second kappa shape index (κ2) is 5.87. The Balaban J connectivity index is 2.00. The molecule has 0 radical (unpaired) electrons. The summed E-state index contributed by atoms with van der Waals surface area (Å²) >= 11 is 0. The molecule has 4 heteroatoms. The van der Waals surface area contributed by atoms with Gasteiger partial charge in [-0.15, -0.1) is 0 Å². The first-order chi connectivity index (χ1) is 8.72. The Morgan fingerprint density at radius 1 is 1.50 bits per heavy atom. The molecule has 1 amide bonds. The predicted octanol–water partition coefficient (Wildman–Crippen LogP) is 2.28. The minimum atomic E-state index is 0.0681. The maximum absolute atomic E-state index is 11.8. The molecular formula is C14H20N2O2. The van der Waals surface area contributed by atoms with Gasteiger partial charge in [-0.1, -0.05) is 12.5 Å². The summed E-state index contributed by atoms with van der Waals surface area (Å²) < 4.78 is 5.26. The van der Waals surface area contributed by atoms with Gasteiger partial charge in [0.1, 0.15) is 5.75 Å². The lowest BCUT2D eigenvalue weighted by atomic mass is 9.83. The van der Waals surface area contributed by atoms with Crippen LogP contribution in [0.25, 0.3) is 0 Å². The van der Waals surface area contributed by atoms with Crippen LogP contribution in [0.15, 0.2) is 18.2 Å². The number of carbonyl (C=O) groups excluding carboxylic acids is 1. The van der Waals surface area contributed by atoms with Crippen molar-refractivity contribution in [2.75, 3.05) is 12.4 Å². The fraction of sp³-hybridized carbons (Fsp3) is 0.500. The van der Waals surface area contributed by atoms with Gasteiger partial charge in [0.25, 0.3) is 0 Å². The van der Waals surface area contributed by atoms with E-state index in [0.717, 1.165) is 11.3 Å². The third kappa shape index (κ3) is 3.01. The Morgan fingerprint density at radius 2 is 2.28 bits per heavy atom. The van der Waals surface area contributed by atoms with Crippen molar-refractivity contribution < 1.29 is 9.53 Å². The molecule has 1 saturated carbocycles. The SMILES string of the molecule is COc1cc(CN)ccc1NC(=O)CC1CCC1. The van der Waals surface area contributed by atoms with Gasteiger partial charge in [0.15, 0.2) is 0 Å². The van der Waals surface area contributed by atoms with E-state index in [2.05, 4.69) is 5.32 Å². The van der Waals surface area contributed by atoms with Gasteiger partial charge in [-0.05, 0) is 36.5 Å². The highest BCUT2D eigenvalue weighted by molar-refractivity contribution is 5.92. The summed E-state index contributed by atoms with van der Waals surface area (Å²) in [6.07, 6.45) is 4.22. The molecule has 1 aromatic carbocycles. The largest absolute Gasteiger partial charge is 0.495 e. The van der Waals surface area contributed by atoms with E-state index in [9.17, 15) is 4.79 Å². The molecule has 3 N–H and O–H groups in total. The summed E-state index contributed by atoms with van der Waals surface area (Å²) in [4.78, 5) is 11.8.